The van der Waals surface area contributed by atoms with E-state index in [1.54, 1.807) is 0 Å². The van der Waals surface area contributed by atoms with E-state index in [1.165, 1.54) is 6.07 Å². The molecule has 31 heavy (non-hydrogen) atoms. The maximum Gasteiger partial charge on any atom is 0.419 e. The van der Waals surface area contributed by atoms with Crippen LogP contribution in [0.5, 0.6) is 0 Å². The van der Waals surface area contributed by atoms with E-state index in [0.717, 1.165) is 37.9 Å². The van der Waals surface area contributed by atoms with Gasteiger partial charge in [-0.1, -0.05) is 6.07 Å². The number of hydrogen-bond acceptors (Lipinski definition) is 7. The fourth-order valence-electron chi connectivity index (χ4n) is 3.44. The van der Waals surface area contributed by atoms with Gasteiger partial charge in [-0.3, -0.25) is 10.1 Å². The third-order valence-corrected chi connectivity index (χ3v) is 5.20. The normalized spacial score (nSPS) is 19.1. The molecule has 0 unspecified atom stereocenters. The Balaban J connectivity index is 1.69. The number of benzene rings is 1. The fraction of sp³-hybridized carbons (Fsp3) is 0.474. The second-order valence-corrected chi connectivity index (χ2v) is 7.51. The lowest BCUT2D eigenvalue weighted by molar-refractivity contribution is -0.384. The van der Waals surface area contributed by atoms with Crippen molar-refractivity contribution in [3.8, 4) is 0 Å². The summed E-state index contributed by atoms with van der Waals surface area (Å²) in [5.41, 5.74) is 4.37. The number of hydrogen-bond donors (Lipinski definition) is 3. The summed E-state index contributed by atoms with van der Waals surface area (Å²) in [7, 11) is 0. The highest BCUT2D eigenvalue weighted by Crippen LogP contribution is 2.32. The van der Waals surface area contributed by atoms with E-state index in [-0.39, 0.29) is 35.6 Å². The van der Waals surface area contributed by atoms with Crippen LogP contribution in [0, 0.1) is 21.8 Å². The quantitative estimate of drug-likeness (QED) is 0.336. The lowest BCUT2D eigenvalue weighted by Gasteiger charge is -2.26. The molecule has 4 N–H and O–H groups in total. The summed E-state index contributed by atoms with van der Waals surface area (Å²) in [6.45, 7) is 0.359. The highest BCUT2D eigenvalue weighted by atomic mass is 19.4. The first-order valence-electron chi connectivity index (χ1n) is 9.74. The van der Waals surface area contributed by atoms with Crippen LogP contribution in [0.15, 0.2) is 24.4 Å². The standard InChI is InChI=1S/C19H22F4N6O2/c20-15-6-3-12(7-14(15)19(21,22)23)9-26-18-27-10-16(29(30)31)17(28-18)25-8-11-1-4-13(24)5-2-11/h3,6-7,10-11,13H,1-2,4-5,8-9,24H2,(H2,25,26,27,28). The van der Waals surface area contributed by atoms with E-state index in [9.17, 15) is 27.7 Å². The Hall–Kier alpha value is -3.02. The van der Waals surface area contributed by atoms with Gasteiger partial charge in [0.25, 0.3) is 0 Å². The Morgan fingerprint density at radius 3 is 2.55 bits per heavy atom. The molecule has 8 nitrogen and oxygen atoms in total. The first kappa shape index (κ1) is 22.7. The van der Waals surface area contributed by atoms with Crippen molar-refractivity contribution in [1.29, 1.82) is 0 Å². The van der Waals surface area contributed by atoms with Crippen LogP contribution in [0.2, 0.25) is 0 Å². The minimum absolute atomic E-state index is 0.00310. The van der Waals surface area contributed by atoms with Gasteiger partial charge in [-0.25, -0.2) is 9.37 Å². The first-order valence-corrected chi connectivity index (χ1v) is 9.74. The van der Waals surface area contributed by atoms with Gasteiger partial charge in [-0.05, 0) is 49.3 Å². The van der Waals surface area contributed by atoms with Gasteiger partial charge < -0.3 is 16.4 Å². The Morgan fingerprint density at radius 1 is 1.19 bits per heavy atom. The summed E-state index contributed by atoms with van der Waals surface area (Å²) in [6.07, 6.45) is -0.190. The number of nitrogens with one attached hydrogen (secondary N) is 2. The number of alkyl halides is 3. The highest BCUT2D eigenvalue weighted by molar-refractivity contribution is 5.57. The van der Waals surface area contributed by atoms with E-state index in [1.807, 2.05) is 0 Å². The van der Waals surface area contributed by atoms with Crippen LogP contribution >= 0.6 is 0 Å². The molecule has 0 amide bonds. The van der Waals surface area contributed by atoms with E-state index in [2.05, 4.69) is 20.6 Å². The Labute approximate surface area is 175 Å². The SMILES string of the molecule is NC1CCC(CNc2nc(NCc3ccc(F)c(C(F)(F)F)c3)ncc2[N+](=O)[O-])CC1. The van der Waals surface area contributed by atoms with Crippen molar-refractivity contribution in [3.05, 3.63) is 51.5 Å². The van der Waals surface area contributed by atoms with Gasteiger partial charge >= 0.3 is 11.9 Å². The zero-order valence-electron chi connectivity index (χ0n) is 16.5. The van der Waals surface area contributed by atoms with Crippen LogP contribution in [0.25, 0.3) is 0 Å². The van der Waals surface area contributed by atoms with E-state index in [4.69, 9.17) is 5.73 Å². The van der Waals surface area contributed by atoms with E-state index in [0.29, 0.717) is 18.5 Å². The molecule has 0 spiro atoms. The summed E-state index contributed by atoms with van der Waals surface area (Å²) in [5, 5.41) is 17.0. The molecular weight excluding hydrogens is 420 g/mol. The molecule has 1 aromatic carbocycles. The van der Waals surface area contributed by atoms with Gasteiger partial charge in [0.05, 0.1) is 10.5 Å². The zero-order valence-corrected chi connectivity index (χ0v) is 16.5. The van der Waals surface area contributed by atoms with Crippen molar-refractivity contribution >= 4 is 17.5 Å². The third kappa shape index (κ3) is 6.00. The maximum absolute atomic E-state index is 13.4. The summed E-state index contributed by atoms with van der Waals surface area (Å²) in [5.74, 6) is -1.03. The van der Waals surface area contributed by atoms with Crippen LogP contribution in [0.4, 0.5) is 35.0 Å². The molecule has 1 aliphatic rings. The van der Waals surface area contributed by atoms with Crippen LogP contribution in [0.3, 0.4) is 0 Å². The van der Waals surface area contributed by atoms with Crippen LogP contribution in [-0.4, -0.2) is 27.5 Å². The average Bonchev–Trinajstić information content (AvgIpc) is 2.71. The summed E-state index contributed by atoms with van der Waals surface area (Å²) in [4.78, 5) is 18.6. The van der Waals surface area contributed by atoms with Gasteiger partial charge in [0.1, 0.15) is 12.0 Å². The number of nitrogens with zero attached hydrogens (tertiary/aromatic N) is 3. The molecule has 168 valence electrons. The van der Waals surface area contributed by atoms with E-state index < -0.39 is 22.5 Å². The number of nitro groups is 1. The van der Waals surface area contributed by atoms with Crippen molar-refractivity contribution in [2.75, 3.05) is 17.2 Å². The number of halogens is 4. The predicted octanol–water partition coefficient (Wildman–Crippen LogP) is 4.08. The second-order valence-electron chi connectivity index (χ2n) is 7.51. The number of anilines is 2. The first-order chi connectivity index (χ1) is 14.6. The molecule has 0 atom stereocenters. The Kier molecular flexibility index (Phi) is 6.88. The molecule has 2 aromatic rings. The number of aromatic nitrogens is 2. The lowest BCUT2D eigenvalue weighted by Crippen LogP contribution is -2.29. The molecule has 12 heteroatoms. The molecule has 1 aliphatic carbocycles. The van der Waals surface area contributed by atoms with Gasteiger partial charge in [0.2, 0.25) is 11.8 Å². The third-order valence-electron chi connectivity index (χ3n) is 5.20. The van der Waals surface area contributed by atoms with Crippen molar-refractivity contribution in [3.63, 3.8) is 0 Å². The molecule has 0 aliphatic heterocycles. The minimum Gasteiger partial charge on any atom is -0.364 e. The van der Waals surface area contributed by atoms with Crippen LogP contribution in [0.1, 0.15) is 36.8 Å². The molecule has 0 radical (unpaired) electrons. The molecule has 3 rings (SSSR count). The van der Waals surface area contributed by atoms with Crippen molar-refractivity contribution in [2.45, 2.75) is 44.4 Å². The smallest absolute Gasteiger partial charge is 0.364 e. The molecule has 1 aromatic heterocycles. The summed E-state index contributed by atoms with van der Waals surface area (Å²) >= 11 is 0. The molecular formula is C19H22F4N6O2. The fourth-order valence-corrected chi connectivity index (χ4v) is 3.44. The van der Waals surface area contributed by atoms with E-state index >= 15 is 0 Å². The lowest BCUT2D eigenvalue weighted by atomic mass is 9.86. The number of nitrogens with two attached hydrogens (primary N) is 1. The molecule has 1 saturated carbocycles. The largest absolute Gasteiger partial charge is 0.419 e. The van der Waals surface area contributed by atoms with Crippen molar-refractivity contribution in [1.82, 2.24) is 9.97 Å². The van der Waals surface area contributed by atoms with Gasteiger partial charge in [-0.2, -0.15) is 18.2 Å². The maximum atomic E-state index is 13.4. The van der Waals surface area contributed by atoms with Crippen LogP contribution < -0.4 is 16.4 Å². The summed E-state index contributed by atoms with van der Waals surface area (Å²) in [6, 6.07) is 2.82. The predicted molar refractivity (Wildman–Crippen MR) is 106 cm³/mol. The second kappa shape index (κ2) is 9.41. The monoisotopic (exact) mass is 442 g/mol. The van der Waals surface area contributed by atoms with Gasteiger partial charge in [0.15, 0.2) is 0 Å². The molecule has 0 saturated heterocycles. The summed E-state index contributed by atoms with van der Waals surface area (Å²) < 4.78 is 52.0. The Bertz CT molecular complexity index is 932. The molecule has 1 heterocycles. The number of rotatable bonds is 7. The minimum atomic E-state index is -4.82. The van der Waals surface area contributed by atoms with Crippen molar-refractivity contribution in [2.24, 2.45) is 11.7 Å². The zero-order chi connectivity index (χ0) is 22.6. The Morgan fingerprint density at radius 2 is 1.90 bits per heavy atom. The topological polar surface area (TPSA) is 119 Å². The average molecular weight is 442 g/mol. The van der Waals surface area contributed by atoms with Gasteiger partial charge in [0, 0.05) is 19.1 Å². The van der Waals surface area contributed by atoms with Crippen molar-refractivity contribution < 1.29 is 22.5 Å². The molecule has 0 bridgehead atoms. The molecule has 1 fully saturated rings. The van der Waals surface area contributed by atoms with Crippen LogP contribution in [-0.2, 0) is 12.7 Å². The highest BCUT2D eigenvalue weighted by Gasteiger charge is 2.34. The van der Waals surface area contributed by atoms with Gasteiger partial charge in [-0.15, -0.1) is 0 Å².